The number of nitrogens with zero attached hydrogens (tertiary/aromatic N) is 1. The van der Waals surface area contributed by atoms with Crippen molar-refractivity contribution in [2.45, 2.75) is 29.6 Å². The van der Waals surface area contributed by atoms with Crippen LogP contribution in [0.3, 0.4) is 0 Å². The van der Waals surface area contributed by atoms with Gasteiger partial charge in [-0.25, -0.2) is 8.42 Å². The molecule has 1 amide bonds. The third-order valence-corrected chi connectivity index (χ3v) is 9.44. The number of carbonyl (C=O) groups excluding carboxylic acids is 1. The third kappa shape index (κ3) is 6.04. The van der Waals surface area contributed by atoms with E-state index in [1.165, 1.54) is 22.8 Å². The molecule has 0 unspecified atom stereocenters. The second-order valence-corrected chi connectivity index (χ2v) is 11.8. The highest BCUT2D eigenvalue weighted by Gasteiger charge is 2.30. The molecule has 2 aromatic carbocycles. The number of rotatable bonds is 9. The van der Waals surface area contributed by atoms with Crippen LogP contribution in [0.1, 0.15) is 33.6 Å². The normalized spacial score (nSPS) is 14.8. The topological polar surface area (TPSA) is 138 Å². The van der Waals surface area contributed by atoms with Crippen LogP contribution >= 0.6 is 11.3 Å². The van der Waals surface area contributed by atoms with Crippen molar-refractivity contribution >= 4 is 38.8 Å². The molecule has 1 aliphatic heterocycles. The zero-order valence-electron chi connectivity index (χ0n) is 19.9. The number of carbonyl (C=O) groups is 1. The van der Waals surface area contributed by atoms with Gasteiger partial charge in [0, 0.05) is 40.8 Å². The molecular weight excluding hydrogens is 498 g/mol. The Balaban J connectivity index is 1.32. The maximum atomic E-state index is 13.2. The van der Waals surface area contributed by atoms with Gasteiger partial charge in [-0.3, -0.25) is 10.2 Å². The number of amidine groups is 1. The minimum absolute atomic E-state index is 0.00902. The maximum Gasteiger partial charge on any atom is 0.252 e. The summed E-state index contributed by atoms with van der Waals surface area (Å²) in [5, 5.41) is 13.8. The number of anilines is 1. The van der Waals surface area contributed by atoms with Crippen LogP contribution < -0.4 is 21.1 Å². The van der Waals surface area contributed by atoms with Gasteiger partial charge in [-0.15, -0.1) is 11.3 Å². The van der Waals surface area contributed by atoms with E-state index in [-0.39, 0.29) is 28.5 Å². The number of hydrogen-bond acceptors (Lipinski definition) is 7. The Morgan fingerprint density at radius 2 is 1.83 bits per heavy atom. The molecule has 0 bridgehead atoms. The highest BCUT2D eigenvalue weighted by molar-refractivity contribution is 7.91. The van der Waals surface area contributed by atoms with Crippen LogP contribution in [0.2, 0.25) is 0 Å². The smallest absolute Gasteiger partial charge is 0.252 e. The molecule has 0 aliphatic carbocycles. The van der Waals surface area contributed by atoms with Gasteiger partial charge in [-0.2, -0.15) is 4.31 Å². The molecule has 1 fully saturated rings. The first-order valence-corrected chi connectivity index (χ1v) is 13.7. The molecule has 0 atom stereocenters. The average Bonchev–Trinajstić information content (AvgIpc) is 3.38. The van der Waals surface area contributed by atoms with E-state index < -0.39 is 10.0 Å². The van der Waals surface area contributed by atoms with Crippen LogP contribution in [0.5, 0.6) is 5.75 Å². The molecule has 0 radical (unpaired) electrons. The summed E-state index contributed by atoms with van der Waals surface area (Å²) in [4.78, 5) is 13.2. The summed E-state index contributed by atoms with van der Waals surface area (Å²) in [5.41, 5.74) is 7.55. The molecule has 36 heavy (non-hydrogen) atoms. The predicted octanol–water partition coefficient (Wildman–Crippen LogP) is 3.24. The summed E-state index contributed by atoms with van der Waals surface area (Å²) in [5.74, 6) is 0.348. The molecule has 3 aromatic rings. The zero-order valence-corrected chi connectivity index (χ0v) is 21.5. The monoisotopic (exact) mass is 527 g/mol. The summed E-state index contributed by atoms with van der Waals surface area (Å²) in [6, 6.07) is 17.7. The number of nitrogens with one attached hydrogen (secondary N) is 3. The average molecular weight is 528 g/mol. The SMILES string of the molecule is COc1cccc(C(=O)NCc2ccc(S(=O)(=O)N3CCC(Nc4cccc(C(=N)N)c4)CC3)s2)c1. The number of methoxy groups -OCH3 is 1. The Labute approximate surface area is 214 Å². The Morgan fingerprint density at radius 3 is 2.56 bits per heavy atom. The van der Waals surface area contributed by atoms with Crippen LogP contribution in [0.4, 0.5) is 5.69 Å². The van der Waals surface area contributed by atoms with Crippen LogP contribution in [0, 0.1) is 5.41 Å². The molecule has 9 nitrogen and oxygen atoms in total. The molecule has 4 rings (SSSR count). The van der Waals surface area contributed by atoms with Crippen molar-refractivity contribution < 1.29 is 17.9 Å². The first-order valence-electron chi connectivity index (χ1n) is 11.5. The Bertz CT molecular complexity index is 1350. The van der Waals surface area contributed by atoms with Gasteiger partial charge in [0.2, 0.25) is 0 Å². The lowest BCUT2D eigenvalue weighted by molar-refractivity contribution is 0.0951. The van der Waals surface area contributed by atoms with E-state index in [0.29, 0.717) is 42.8 Å². The minimum Gasteiger partial charge on any atom is -0.497 e. The molecule has 0 saturated carbocycles. The van der Waals surface area contributed by atoms with Crippen molar-refractivity contribution in [3.05, 3.63) is 76.7 Å². The van der Waals surface area contributed by atoms with Crippen molar-refractivity contribution in [2.24, 2.45) is 5.73 Å². The largest absolute Gasteiger partial charge is 0.497 e. The lowest BCUT2D eigenvalue weighted by Crippen LogP contribution is -2.42. The van der Waals surface area contributed by atoms with Gasteiger partial charge in [0.25, 0.3) is 15.9 Å². The number of sulfonamides is 1. The summed E-state index contributed by atoms with van der Waals surface area (Å²) in [7, 11) is -2.07. The van der Waals surface area contributed by atoms with Crippen LogP contribution in [-0.4, -0.2) is 50.7 Å². The summed E-state index contributed by atoms with van der Waals surface area (Å²) in [6.45, 7) is 1.06. The Hall–Kier alpha value is -3.41. The fourth-order valence-electron chi connectivity index (χ4n) is 4.01. The van der Waals surface area contributed by atoms with E-state index in [9.17, 15) is 13.2 Å². The summed E-state index contributed by atoms with van der Waals surface area (Å²) >= 11 is 1.17. The van der Waals surface area contributed by atoms with Gasteiger partial charge < -0.3 is 21.1 Å². The summed E-state index contributed by atoms with van der Waals surface area (Å²) in [6.07, 6.45) is 1.33. The van der Waals surface area contributed by atoms with Crippen LogP contribution in [-0.2, 0) is 16.6 Å². The van der Waals surface area contributed by atoms with Crippen molar-refractivity contribution in [3.63, 3.8) is 0 Å². The number of piperidine rings is 1. The molecule has 190 valence electrons. The molecule has 0 spiro atoms. The fraction of sp³-hybridized carbons (Fsp3) is 0.280. The van der Waals surface area contributed by atoms with Crippen LogP contribution in [0.15, 0.2) is 64.9 Å². The highest BCUT2D eigenvalue weighted by atomic mass is 32.2. The molecule has 2 heterocycles. The number of hydrogen-bond donors (Lipinski definition) is 4. The maximum absolute atomic E-state index is 13.2. The second-order valence-electron chi connectivity index (χ2n) is 8.45. The Kier molecular flexibility index (Phi) is 7.92. The Morgan fingerprint density at radius 1 is 1.11 bits per heavy atom. The molecule has 1 aromatic heterocycles. The van der Waals surface area contributed by atoms with E-state index in [1.807, 2.05) is 18.2 Å². The van der Waals surface area contributed by atoms with E-state index in [2.05, 4.69) is 10.6 Å². The second kappa shape index (κ2) is 11.1. The van der Waals surface area contributed by atoms with Gasteiger partial charge in [0.1, 0.15) is 15.8 Å². The van der Waals surface area contributed by atoms with Crippen LogP contribution in [0.25, 0.3) is 0 Å². The lowest BCUT2D eigenvalue weighted by Gasteiger charge is -2.31. The third-order valence-electron chi connectivity index (χ3n) is 5.98. The quantitative estimate of drug-likeness (QED) is 0.249. The number of nitrogen functional groups attached to an aromatic ring is 1. The zero-order chi connectivity index (χ0) is 25.7. The van der Waals surface area contributed by atoms with Gasteiger partial charge >= 0.3 is 0 Å². The standard InChI is InChI=1S/C25H29N5O4S2/c1-34-21-7-3-5-18(15-21)25(31)28-16-22-8-9-23(35-22)36(32,33)30-12-10-19(11-13-30)29-20-6-2-4-17(14-20)24(26)27/h2-9,14-15,19,29H,10-13,16H2,1H3,(H3,26,27)(H,28,31). The molecular formula is C25H29N5O4S2. The molecule has 5 N–H and O–H groups in total. The fourth-order valence-corrected chi connectivity index (χ4v) is 6.93. The first kappa shape index (κ1) is 25.7. The van der Waals surface area contributed by atoms with Gasteiger partial charge in [0.15, 0.2) is 0 Å². The van der Waals surface area contributed by atoms with Crippen molar-refractivity contribution in [3.8, 4) is 5.75 Å². The van der Waals surface area contributed by atoms with E-state index in [0.717, 1.165) is 10.6 Å². The number of thiophene rings is 1. The number of amides is 1. The molecule has 11 heteroatoms. The first-order chi connectivity index (χ1) is 17.3. The van der Waals surface area contributed by atoms with Gasteiger partial charge in [-0.1, -0.05) is 18.2 Å². The predicted molar refractivity (Wildman–Crippen MR) is 141 cm³/mol. The van der Waals surface area contributed by atoms with E-state index >= 15 is 0 Å². The number of benzene rings is 2. The van der Waals surface area contributed by atoms with E-state index in [1.54, 1.807) is 42.5 Å². The summed E-state index contributed by atoms with van der Waals surface area (Å²) < 4.78 is 33.3. The molecule has 1 aliphatic rings. The molecule has 1 saturated heterocycles. The van der Waals surface area contributed by atoms with Crippen molar-refractivity contribution in [2.75, 3.05) is 25.5 Å². The van der Waals surface area contributed by atoms with Gasteiger partial charge in [-0.05, 0) is 55.3 Å². The number of nitrogens with two attached hydrogens (primary N) is 1. The van der Waals surface area contributed by atoms with E-state index in [4.69, 9.17) is 15.9 Å². The lowest BCUT2D eigenvalue weighted by atomic mass is 10.1. The van der Waals surface area contributed by atoms with Gasteiger partial charge in [0.05, 0.1) is 13.7 Å². The minimum atomic E-state index is -3.60. The number of ether oxygens (including phenoxy) is 1. The van der Waals surface area contributed by atoms with Crippen molar-refractivity contribution in [1.82, 2.24) is 9.62 Å². The van der Waals surface area contributed by atoms with Crippen molar-refractivity contribution in [1.29, 1.82) is 5.41 Å². The highest BCUT2D eigenvalue weighted by Crippen LogP contribution is 2.28.